The molecule has 3 N–H and O–H groups in total. The molecule has 4 heteroatoms. The highest BCUT2D eigenvalue weighted by atomic mass is 35.5. The normalized spacial score (nSPS) is 11.5. The summed E-state index contributed by atoms with van der Waals surface area (Å²) in [6, 6.07) is 5.71. The van der Waals surface area contributed by atoms with E-state index in [9.17, 15) is 0 Å². The lowest BCUT2D eigenvalue weighted by Gasteiger charge is -2.16. The van der Waals surface area contributed by atoms with Crippen LogP contribution in [0.2, 0.25) is 5.02 Å². The molecule has 0 aromatic heterocycles. The molecule has 1 aromatic carbocycles. The minimum Gasteiger partial charge on any atom is -0.495 e. The van der Waals surface area contributed by atoms with Gasteiger partial charge in [0.25, 0.3) is 0 Å². The smallest absolute Gasteiger partial charge is 0.137 e. The molecule has 0 spiro atoms. The van der Waals surface area contributed by atoms with Crippen LogP contribution in [-0.2, 0) is 0 Å². The molecule has 0 heterocycles. The van der Waals surface area contributed by atoms with Gasteiger partial charge in [-0.1, -0.05) is 23.6 Å². The van der Waals surface area contributed by atoms with Crippen LogP contribution in [0.25, 0.3) is 0 Å². The summed E-state index contributed by atoms with van der Waals surface area (Å²) in [5.41, 5.74) is 6.76. The quantitative estimate of drug-likeness (QED) is 0.788. The van der Waals surface area contributed by atoms with Gasteiger partial charge in [0.2, 0.25) is 0 Å². The molecule has 0 aliphatic rings. The molecule has 1 aromatic rings. The van der Waals surface area contributed by atoms with Crippen molar-refractivity contribution in [3.63, 3.8) is 0 Å². The maximum absolute atomic E-state index is 6.07. The van der Waals surface area contributed by atoms with Gasteiger partial charge in [0.15, 0.2) is 0 Å². The lowest BCUT2D eigenvalue weighted by molar-refractivity contribution is 0.414. The number of nitrogens with two attached hydrogens (primary N) is 1. The van der Waals surface area contributed by atoms with Gasteiger partial charge in [0.1, 0.15) is 5.75 Å². The highest BCUT2D eigenvalue weighted by molar-refractivity contribution is 6.32. The van der Waals surface area contributed by atoms with Crippen LogP contribution in [0.15, 0.2) is 18.2 Å². The Morgan fingerprint density at radius 3 is 2.82 bits per heavy atom. The van der Waals surface area contributed by atoms with E-state index < -0.39 is 0 Å². The number of rotatable bonds is 5. The summed E-state index contributed by atoms with van der Waals surface area (Å²) in [6.45, 7) is 2.92. The van der Waals surface area contributed by atoms with Gasteiger partial charge in [-0.25, -0.2) is 0 Å². The summed E-state index contributed by atoms with van der Waals surface area (Å²) in [4.78, 5) is 0. The molecule has 0 fully saturated rings. The molecule has 0 saturated carbocycles. The Labute approximate surface area is 107 Å². The highest BCUT2D eigenvalue weighted by Crippen LogP contribution is 2.27. The lowest BCUT2D eigenvalue weighted by Crippen LogP contribution is -2.28. The number of hydrogen-bond donors (Lipinski definition) is 2. The van der Waals surface area contributed by atoms with E-state index in [1.807, 2.05) is 25.1 Å². The Balaban J connectivity index is 2.80. The van der Waals surface area contributed by atoms with E-state index in [4.69, 9.17) is 22.1 Å². The van der Waals surface area contributed by atoms with E-state index >= 15 is 0 Å². The van der Waals surface area contributed by atoms with Crippen molar-refractivity contribution >= 4 is 11.6 Å². The topological polar surface area (TPSA) is 47.3 Å². The van der Waals surface area contributed by atoms with Gasteiger partial charge in [0, 0.05) is 12.6 Å². The van der Waals surface area contributed by atoms with Crippen LogP contribution >= 0.6 is 11.6 Å². The third kappa shape index (κ3) is 3.94. The average Bonchev–Trinajstić information content (AvgIpc) is 2.35. The van der Waals surface area contributed by atoms with Crippen LogP contribution in [0.4, 0.5) is 0 Å². The van der Waals surface area contributed by atoms with Crippen molar-refractivity contribution in [3.8, 4) is 17.6 Å². The summed E-state index contributed by atoms with van der Waals surface area (Å²) < 4.78 is 5.11. The van der Waals surface area contributed by atoms with Gasteiger partial charge in [-0.05, 0) is 24.6 Å². The van der Waals surface area contributed by atoms with Crippen molar-refractivity contribution < 1.29 is 4.74 Å². The maximum atomic E-state index is 6.07. The van der Waals surface area contributed by atoms with Crippen molar-refractivity contribution in [2.24, 2.45) is 5.73 Å². The molecule has 0 amide bonds. The standard InChI is InChI=1S/C13H17ClN2O/c1-3-4-7-16-12(9-15)10-5-6-13(17-2)11(14)8-10/h5-6,8,12,16H,7,9,15H2,1-2H3. The lowest BCUT2D eigenvalue weighted by atomic mass is 10.1. The molecule has 0 aliphatic carbocycles. The molecular formula is C13H17ClN2O. The highest BCUT2D eigenvalue weighted by Gasteiger charge is 2.10. The van der Waals surface area contributed by atoms with Gasteiger partial charge >= 0.3 is 0 Å². The fraction of sp³-hybridized carbons (Fsp3) is 0.385. The van der Waals surface area contributed by atoms with Crippen LogP contribution < -0.4 is 15.8 Å². The van der Waals surface area contributed by atoms with E-state index in [0.717, 1.165) is 5.56 Å². The van der Waals surface area contributed by atoms with Gasteiger partial charge in [0.05, 0.1) is 18.7 Å². The van der Waals surface area contributed by atoms with Crippen molar-refractivity contribution in [1.29, 1.82) is 0 Å². The monoisotopic (exact) mass is 252 g/mol. The van der Waals surface area contributed by atoms with Crippen LogP contribution in [0, 0.1) is 11.8 Å². The Morgan fingerprint density at radius 2 is 2.29 bits per heavy atom. The SMILES string of the molecule is CC#CCNC(CN)c1ccc(OC)c(Cl)c1. The first-order valence-corrected chi connectivity index (χ1v) is 5.77. The maximum Gasteiger partial charge on any atom is 0.137 e. The first-order valence-electron chi connectivity index (χ1n) is 5.39. The number of benzene rings is 1. The molecular weight excluding hydrogens is 236 g/mol. The van der Waals surface area contributed by atoms with Crippen molar-refractivity contribution in [2.45, 2.75) is 13.0 Å². The molecule has 0 saturated heterocycles. The van der Waals surface area contributed by atoms with E-state index in [-0.39, 0.29) is 6.04 Å². The van der Waals surface area contributed by atoms with Crippen LogP contribution in [0.1, 0.15) is 18.5 Å². The Kier molecular flexibility index (Phi) is 5.85. The number of nitrogens with one attached hydrogen (secondary N) is 1. The van der Waals surface area contributed by atoms with E-state index in [1.54, 1.807) is 7.11 Å². The predicted octanol–water partition coefficient (Wildman–Crippen LogP) is 1.96. The average molecular weight is 253 g/mol. The molecule has 0 aliphatic heterocycles. The van der Waals surface area contributed by atoms with E-state index in [0.29, 0.717) is 23.9 Å². The van der Waals surface area contributed by atoms with Crippen molar-refractivity contribution in [1.82, 2.24) is 5.32 Å². The number of methoxy groups -OCH3 is 1. The summed E-state index contributed by atoms with van der Waals surface area (Å²) in [7, 11) is 1.59. The van der Waals surface area contributed by atoms with Gasteiger partial charge < -0.3 is 10.5 Å². The predicted molar refractivity (Wildman–Crippen MR) is 71.3 cm³/mol. The van der Waals surface area contributed by atoms with E-state index in [1.165, 1.54) is 0 Å². The largest absolute Gasteiger partial charge is 0.495 e. The second kappa shape index (κ2) is 7.18. The van der Waals surface area contributed by atoms with E-state index in [2.05, 4.69) is 17.2 Å². The van der Waals surface area contributed by atoms with Crippen LogP contribution in [0.3, 0.4) is 0 Å². The molecule has 17 heavy (non-hydrogen) atoms. The fourth-order valence-electron chi connectivity index (χ4n) is 1.50. The Hall–Kier alpha value is -1.21. The molecule has 1 unspecified atom stereocenters. The molecule has 0 bridgehead atoms. The minimum absolute atomic E-state index is 0.0549. The second-order valence-corrected chi connectivity index (χ2v) is 3.90. The minimum atomic E-state index is 0.0549. The third-order valence-corrected chi connectivity index (χ3v) is 2.72. The number of hydrogen-bond acceptors (Lipinski definition) is 3. The van der Waals surface area contributed by atoms with Gasteiger partial charge in [-0.15, -0.1) is 5.92 Å². The summed E-state index contributed by atoms with van der Waals surface area (Å²) in [5, 5.41) is 3.84. The first-order chi connectivity index (χ1) is 8.22. The summed E-state index contributed by atoms with van der Waals surface area (Å²) in [6.07, 6.45) is 0. The summed E-state index contributed by atoms with van der Waals surface area (Å²) in [5.74, 6) is 6.44. The molecule has 0 radical (unpaired) electrons. The van der Waals surface area contributed by atoms with Crippen molar-refractivity contribution in [3.05, 3.63) is 28.8 Å². The number of halogens is 1. The zero-order valence-corrected chi connectivity index (χ0v) is 10.8. The molecule has 1 atom stereocenters. The van der Waals surface area contributed by atoms with Gasteiger partial charge in [-0.2, -0.15) is 0 Å². The molecule has 3 nitrogen and oxygen atoms in total. The van der Waals surface area contributed by atoms with Crippen LogP contribution in [-0.4, -0.2) is 20.2 Å². The first kappa shape index (κ1) is 13.9. The second-order valence-electron chi connectivity index (χ2n) is 3.49. The van der Waals surface area contributed by atoms with Crippen molar-refractivity contribution in [2.75, 3.05) is 20.2 Å². The summed E-state index contributed by atoms with van der Waals surface area (Å²) >= 11 is 6.07. The number of ether oxygens (including phenoxy) is 1. The Morgan fingerprint density at radius 1 is 1.53 bits per heavy atom. The fourth-order valence-corrected chi connectivity index (χ4v) is 1.77. The Bertz CT molecular complexity index is 423. The van der Waals surface area contributed by atoms with Gasteiger partial charge in [-0.3, -0.25) is 5.32 Å². The third-order valence-electron chi connectivity index (χ3n) is 2.43. The molecule has 1 rings (SSSR count). The zero-order valence-electron chi connectivity index (χ0n) is 10.1. The molecule has 92 valence electrons. The van der Waals surface area contributed by atoms with Crippen LogP contribution in [0.5, 0.6) is 5.75 Å². The zero-order chi connectivity index (χ0) is 12.7.